The van der Waals surface area contributed by atoms with Gasteiger partial charge in [-0.3, -0.25) is 38.4 Å². The second-order valence-corrected chi connectivity index (χ2v) is 22.3. The average Bonchev–Trinajstić information content (AvgIpc) is 3.50. The Labute approximate surface area is 486 Å². The summed E-state index contributed by atoms with van der Waals surface area (Å²) in [5.74, 6) is -8.58. The van der Waals surface area contributed by atoms with Crippen molar-refractivity contribution in [3.05, 3.63) is 35.9 Å². The zero-order valence-electron chi connectivity index (χ0n) is 50.2. The molecular weight excluding hydrogens is 1080 g/mol. The third-order valence-electron chi connectivity index (χ3n) is 14.8. The molecule has 9 atom stereocenters. The highest BCUT2D eigenvalue weighted by Gasteiger charge is 2.43. The Kier molecular flexibility index (Phi) is 27.6. The molecule has 0 radical (unpaired) electrons. The van der Waals surface area contributed by atoms with Gasteiger partial charge in [0.15, 0.2) is 0 Å². The van der Waals surface area contributed by atoms with Gasteiger partial charge in [0.25, 0.3) is 0 Å². The first-order valence-electron chi connectivity index (χ1n) is 28.2. The number of nitrogens with one attached hydrogen (secondary N) is 4. The second-order valence-electron chi connectivity index (χ2n) is 22.3. The lowest BCUT2D eigenvalue weighted by Gasteiger charge is -2.38. The van der Waals surface area contributed by atoms with Gasteiger partial charge >= 0.3 is 24.1 Å². The Bertz CT molecular complexity index is 2440. The SMILES string of the molecule is CC[C@H](C)[C@@H](C(=O)NC[C@@H](NC(=O)OCc1ccccc1)C(=O)N1CCCC[C@H]1C(=O)NCC(=O)N(C)CC(=O)N(C)[C@H](C(=O)O[C@H](C)[C@@H](NC(=O)OC(C)(C)C)C(=O)N1CCCC[C@H]1C(=O)O)[C@@H](C)CC)N(C)C(=O)CN(C)C(=O)CN. The molecule has 27 heteroatoms. The van der Waals surface area contributed by atoms with E-state index in [1.54, 1.807) is 71.9 Å². The third kappa shape index (κ3) is 21.0. The molecule has 3 rings (SSSR count). The fourth-order valence-electron chi connectivity index (χ4n) is 9.57. The van der Waals surface area contributed by atoms with Gasteiger partial charge < -0.3 is 75.7 Å². The van der Waals surface area contributed by atoms with Gasteiger partial charge in [-0.15, -0.1) is 0 Å². The number of nitrogens with zero attached hydrogens (tertiary/aromatic N) is 6. The number of benzene rings is 1. The number of alkyl carbamates (subject to hydrolysis) is 2. The summed E-state index contributed by atoms with van der Waals surface area (Å²) in [6.45, 7) is 10.8. The van der Waals surface area contributed by atoms with Crippen LogP contribution in [0.15, 0.2) is 30.3 Å². The third-order valence-corrected chi connectivity index (χ3v) is 14.8. The number of piperidine rings is 2. The molecule has 2 saturated heterocycles. The minimum absolute atomic E-state index is 0.0535. The number of hydrogen-bond donors (Lipinski definition) is 6. The van der Waals surface area contributed by atoms with Crippen molar-refractivity contribution < 1.29 is 76.9 Å². The second kappa shape index (κ2) is 32.9. The number of likely N-dealkylation sites (tertiary alicyclic amines) is 2. The van der Waals surface area contributed by atoms with E-state index in [9.17, 15) is 62.6 Å². The normalized spacial score (nSPS) is 17.7. The Morgan fingerprint density at radius 3 is 1.76 bits per heavy atom. The number of rotatable bonds is 27. The number of carboxylic acid groups (broad SMARTS) is 1. The minimum atomic E-state index is -1.58. The molecule has 0 aromatic heterocycles. The summed E-state index contributed by atoms with van der Waals surface area (Å²) in [4.78, 5) is 169. The molecule has 0 bridgehead atoms. The van der Waals surface area contributed by atoms with E-state index in [0.29, 0.717) is 44.1 Å². The zero-order chi connectivity index (χ0) is 62.5. The summed E-state index contributed by atoms with van der Waals surface area (Å²) in [6.07, 6.45) is -0.241. The van der Waals surface area contributed by atoms with Gasteiger partial charge in [-0.25, -0.2) is 19.2 Å². The Morgan fingerprint density at radius 1 is 0.687 bits per heavy atom. The van der Waals surface area contributed by atoms with Crippen LogP contribution in [0, 0.1) is 11.8 Å². The molecule has 2 aliphatic heterocycles. The van der Waals surface area contributed by atoms with Crippen molar-refractivity contribution in [1.29, 1.82) is 0 Å². The summed E-state index contributed by atoms with van der Waals surface area (Å²) in [6, 6.07) is 0.967. The highest BCUT2D eigenvalue weighted by Crippen LogP contribution is 2.24. The number of carboxylic acids is 1. The number of amides is 10. The Balaban J connectivity index is 1.78. The minimum Gasteiger partial charge on any atom is -0.480 e. The molecule has 1 aromatic rings. The Hall–Kier alpha value is -7.58. The molecule has 7 N–H and O–H groups in total. The van der Waals surface area contributed by atoms with E-state index in [1.807, 2.05) is 6.92 Å². The molecule has 0 unspecified atom stereocenters. The first kappa shape index (κ1) is 69.7. The van der Waals surface area contributed by atoms with Crippen LogP contribution in [0.1, 0.15) is 112 Å². The van der Waals surface area contributed by atoms with Crippen molar-refractivity contribution in [3.8, 4) is 0 Å². The summed E-state index contributed by atoms with van der Waals surface area (Å²) in [5, 5.41) is 20.2. The number of esters is 1. The van der Waals surface area contributed by atoms with Crippen LogP contribution in [0.25, 0.3) is 0 Å². The quantitative estimate of drug-likeness (QED) is 0.0524. The molecule has 0 saturated carbocycles. The van der Waals surface area contributed by atoms with Gasteiger partial charge in [0.2, 0.25) is 47.3 Å². The standard InChI is InChI=1S/C56H89N11O16/c1-13-34(3)46(64(11)43(70)31-62(9)41(68)28-57)49(73)58-29-38(60-54(79)81-33-37-22-16-15-17-23-37)50(74)66-26-20-18-24-39(66)48(72)59-30-42(69)63(10)32-44(71)65(12)47(35(4)14-2)53(78)82-36(5)45(61-55(80)83-56(6,7)8)51(75)67-27-21-19-25-40(67)52(76)77/h15-17,22-23,34-36,38-40,45-47H,13-14,18-21,24-33,57H2,1-12H3,(H,58,73)(H,59,72)(H,60,79)(H,61,80)(H,76,77)/t34-,35-,36+,38+,39-,40-,45+,46-,47-/m0/s1. The van der Waals surface area contributed by atoms with Crippen molar-refractivity contribution >= 4 is 71.4 Å². The summed E-state index contributed by atoms with van der Waals surface area (Å²) < 4.78 is 16.6. The molecule has 0 spiro atoms. The molecule has 2 fully saturated rings. The van der Waals surface area contributed by atoms with Crippen LogP contribution in [0.2, 0.25) is 0 Å². The van der Waals surface area contributed by atoms with Crippen molar-refractivity contribution in [2.45, 2.75) is 161 Å². The number of carbonyl (C=O) groups is 12. The summed E-state index contributed by atoms with van der Waals surface area (Å²) in [7, 11) is 5.46. The van der Waals surface area contributed by atoms with Crippen molar-refractivity contribution in [1.82, 2.24) is 50.7 Å². The predicted molar refractivity (Wildman–Crippen MR) is 301 cm³/mol. The van der Waals surface area contributed by atoms with Crippen LogP contribution in [-0.2, 0) is 68.8 Å². The number of hydrogen-bond acceptors (Lipinski definition) is 16. The van der Waals surface area contributed by atoms with E-state index in [4.69, 9.17) is 19.9 Å². The molecule has 1 aromatic carbocycles. The van der Waals surface area contributed by atoms with Crippen LogP contribution >= 0.6 is 0 Å². The molecule has 2 heterocycles. The van der Waals surface area contributed by atoms with Gasteiger partial charge in [0.05, 0.1) is 26.2 Å². The smallest absolute Gasteiger partial charge is 0.408 e. The largest absolute Gasteiger partial charge is 0.480 e. The molecule has 27 nitrogen and oxygen atoms in total. The van der Waals surface area contributed by atoms with Gasteiger partial charge in [-0.1, -0.05) is 70.9 Å². The Morgan fingerprint density at radius 2 is 1.22 bits per heavy atom. The zero-order valence-corrected chi connectivity index (χ0v) is 50.2. The number of likely N-dealkylation sites (N-methyl/N-ethyl adjacent to an activating group) is 4. The highest BCUT2D eigenvalue weighted by molar-refractivity contribution is 5.96. The highest BCUT2D eigenvalue weighted by atomic mass is 16.6. The van der Waals surface area contributed by atoms with Gasteiger partial charge in [-0.05, 0) is 83.6 Å². The van der Waals surface area contributed by atoms with Crippen molar-refractivity contribution in [3.63, 3.8) is 0 Å². The first-order chi connectivity index (χ1) is 39.0. The monoisotopic (exact) mass is 1170 g/mol. The van der Waals surface area contributed by atoms with Crippen molar-refractivity contribution in [2.75, 3.05) is 74.0 Å². The fraction of sp³-hybridized carbons (Fsp3) is 0.679. The molecule has 0 aliphatic carbocycles. The molecule has 2 aliphatic rings. The van der Waals surface area contributed by atoms with Crippen molar-refractivity contribution in [2.24, 2.45) is 17.6 Å². The molecule has 464 valence electrons. The molecule has 10 amide bonds. The lowest BCUT2D eigenvalue weighted by Crippen LogP contribution is -2.61. The van der Waals surface area contributed by atoms with Gasteiger partial charge in [-0.2, -0.15) is 0 Å². The number of carbonyl (C=O) groups excluding carboxylic acids is 11. The molecular formula is C56H89N11O16. The van der Waals surface area contributed by atoms with E-state index in [0.717, 1.165) is 19.6 Å². The van der Waals surface area contributed by atoms with E-state index in [2.05, 4.69) is 21.3 Å². The lowest BCUT2D eigenvalue weighted by molar-refractivity contribution is -0.165. The number of nitrogens with two attached hydrogens (primary N) is 1. The van der Waals surface area contributed by atoms with Gasteiger partial charge in [0.1, 0.15) is 54.6 Å². The van der Waals surface area contributed by atoms with E-state index >= 15 is 0 Å². The number of ether oxygens (including phenoxy) is 3. The van der Waals surface area contributed by atoms with Crippen LogP contribution in [-0.4, -0.2) is 228 Å². The van der Waals surface area contributed by atoms with E-state index < -0.39 is 151 Å². The van der Waals surface area contributed by atoms with Crippen LogP contribution in [0.3, 0.4) is 0 Å². The predicted octanol–water partition coefficient (Wildman–Crippen LogP) is 0.807. The van der Waals surface area contributed by atoms with E-state index in [1.165, 1.54) is 44.9 Å². The van der Waals surface area contributed by atoms with E-state index in [-0.39, 0.29) is 45.6 Å². The maximum Gasteiger partial charge on any atom is 0.408 e. The summed E-state index contributed by atoms with van der Waals surface area (Å²) in [5.41, 5.74) is 5.13. The fourth-order valence-corrected chi connectivity index (χ4v) is 9.57. The van der Waals surface area contributed by atoms with Crippen LogP contribution in [0.5, 0.6) is 0 Å². The maximum atomic E-state index is 14.6. The van der Waals surface area contributed by atoms with Gasteiger partial charge in [0, 0.05) is 47.8 Å². The van der Waals surface area contributed by atoms with Crippen LogP contribution < -0.4 is 27.0 Å². The lowest BCUT2D eigenvalue weighted by atomic mass is 9.96. The maximum absolute atomic E-state index is 14.6. The molecule has 83 heavy (non-hydrogen) atoms. The average molecular weight is 1170 g/mol. The topological polar surface area (TPSA) is 346 Å². The summed E-state index contributed by atoms with van der Waals surface area (Å²) >= 11 is 0. The first-order valence-corrected chi connectivity index (χ1v) is 28.2. The number of aliphatic carboxylic acids is 1. The van der Waals surface area contributed by atoms with Crippen LogP contribution in [0.4, 0.5) is 9.59 Å².